The lowest BCUT2D eigenvalue weighted by molar-refractivity contribution is -0.168. The predicted molar refractivity (Wildman–Crippen MR) is 120 cm³/mol. The molecule has 2 aliphatic rings. The van der Waals surface area contributed by atoms with Crippen molar-refractivity contribution < 1.29 is 32.6 Å². The zero-order chi connectivity index (χ0) is 25.2. The number of amides is 2. The molecule has 1 aromatic heterocycles. The van der Waals surface area contributed by atoms with Crippen LogP contribution in [-0.4, -0.2) is 76.4 Å². The lowest BCUT2D eigenvalue weighted by atomic mass is 10.0. The fourth-order valence-electron chi connectivity index (χ4n) is 3.94. The number of alkyl halides is 3. The van der Waals surface area contributed by atoms with Crippen molar-refractivity contribution in [1.29, 1.82) is 0 Å². The van der Waals surface area contributed by atoms with Crippen molar-refractivity contribution in [2.45, 2.75) is 37.6 Å². The van der Waals surface area contributed by atoms with Gasteiger partial charge in [-0.2, -0.15) is 13.2 Å². The molecule has 188 valence electrons. The first-order chi connectivity index (χ1) is 16.7. The largest absolute Gasteiger partial charge is 0.410 e. The molecule has 13 heteroatoms. The highest BCUT2D eigenvalue weighted by Crippen LogP contribution is 2.31. The van der Waals surface area contributed by atoms with Gasteiger partial charge in [0.05, 0.1) is 23.5 Å². The van der Waals surface area contributed by atoms with Gasteiger partial charge in [-0.25, -0.2) is 9.97 Å². The van der Waals surface area contributed by atoms with Gasteiger partial charge >= 0.3 is 6.18 Å². The fourth-order valence-corrected chi connectivity index (χ4v) is 4.14. The number of rotatable bonds is 7. The van der Waals surface area contributed by atoms with Gasteiger partial charge in [0.1, 0.15) is 12.6 Å². The summed E-state index contributed by atoms with van der Waals surface area (Å²) in [6.07, 6.45) is -1.69. The molecule has 2 aromatic rings. The standard InChI is InChI=1S/C22H23ClF3N5O4/c23-16-8-27-21(28-14-3-5-35-6-4-14)30-19(16)12-1-2-13-9-31(20(34)15(13)7-12)10-18(33)29-17(11-32)22(24,25)26/h1-2,7-8,14,17,32H,3-6,9-11H2,(H,29,33)(H,27,28,30). The summed E-state index contributed by atoms with van der Waals surface area (Å²) >= 11 is 6.32. The van der Waals surface area contributed by atoms with Crippen LogP contribution in [-0.2, 0) is 16.1 Å². The van der Waals surface area contributed by atoms with Gasteiger partial charge in [0, 0.05) is 36.9 Å². The Balaban J connectivity index is 1.48. The molecule has 4 rings (SSSR count). The van der Waals surface area contributed by atoms with Crippen LogP contribution in [0.2, 0.25) is 5.02 Å². The van der Waals surface area contributed by atoms with Crippen LogP contribution >= 0.6 is 11.6 Å². The monoisotopic (exact) mass is 513 g/mol. The van der Waals surface area contributed by atoms with Crippen LogP contribution in [0.4, 0.5) is 19.1 Å². The summed E-state index contributed by atoms with van der Waals surface area (Å²) in [5.74, 6) is -1.13. The van der Waals surface area contributed by atoms with E-state index in [1.165, 1.54) is 6.20 Å². The molecule has 2 amide bonds. The van der Waals surface area contributed by atoms with Gasteiger partial charge in [-0.05, 0) is 24.5 Å². The van der Waals surface area contributed by atoms with Crippen molar-refractivity contribution in [3.8, 4) is 11.3 Å². The summed E-state index contributed by atoms with van der Waals surface area (Å²) in [5.41, 5.74) is 1.90. The van der Waals surface area contributed by atoms with Gasteiger partial charge in [0.25, 0.3) is 5.91 Å². The number of aliphatic hydroxyl groups excluding tert-OH is 1. The number of aliphatic hydroxyl groups is 1. The minimum atomic E-state index is -4.80. The molecule has 0 bridgehead atoms. The molecule has 0 saturated carbocycles. The Morgan fingerprint density at radius 2 is 2.06 bits per heavy atom. The number of hydrogen-bond donors (Lipinski definition) is 3. The molecule has 1 fully saturated rings. The summed E-state index contributed by atoms with van der Waals surface area (Å²) in [5, 5.41) is 14.1. The molecule has 0 radical (unpaired) electrons. The number of nitrogens with zero attached hydrogens (tertiary/aromatic N) is 3. The zero-order valence-electron chi connectivity index (χ0n) is 18.4. The summed E-state index contributed by atoms with van der Waals surface area (Å²) in [6, 6.07) is 2.78. The highest BCUT2D eigenvalue weighted by molar-refractivity contribution is 6.33. The summed E-state index contributed by atoms with van der Waals surface area (Å²) < 4.78 is 43.7. The van der Waals surface area contributed by atoms with E-state index in [1.54, 1.807) is 23.5 Å². The van der Waals surface area contributed by atoms with Gasteiger partial charge in [-0.15, -0.1) is 0 Å². The van der Waals surface area contributed by atoms with Crippen molar-refractivity contribution in [3.63, 3.8) is 0 Å². The number of ether oxygens (including phenoxy) is 1. The Morgan fingerprint density at radius 1 is 1.31 bits per heavy atom. The minimum absolute atomic E-state index is 0.0612. The number of fused-ring (bicyclic) bond motifs is 1. The maximum absolute atomic E-state index is 12.9. The Morgan fingerprint density at radius 3 is 2.74 bits per heavy atom. The second-order valence-corrected chi connectivity index (χ2v) is 8.71. The average molecular weight is 514 g/mol. The number of hydrogen-bond acceptors (Lipinski definition) is 7. The molecule has 3 N–H and O–H groups in total. The first kappa shape index (κ1) is 25.1. The van der Waals surface area contributed by atoms with Crippen LogP contribution < -0.4 is 10.6 Å². The normalized spacial score (nSPS) is 17.3. The van der Waals surface area contributed by atoms with E-state index in [4.69, 9.17) is 21.4 Å². The number of halogens is 4. The maximum atomic E-state index is 12.9. The van der Waals surface area contributed by atoms with Crippen molar-refractivity contribution >= 4 is 29.4 Å². The Hall–Kier alpha value is -2.96. The molecule has 1 unspecified atom stereocenters. The first-order valence-electron chi connectivity index (χ1n) is 10.9. The van der Waals surface area contributed by atoms with Gasteiger partial charge in [-0.3, -0.25) is 9.59 Å². The zero-order valence-corrected chi connectivity index (χ0v) is 19.2. The highest BCUT2D eigenvalue weighted by Gasteiger charge is 2.40. The van der Waals surface area contributed by atoms with E-state index in [-0.39, 0.29) is 17.6 Å². The Bertz CT molecular complexity index is 1110. The minimum Gasteiger partial charge on any atom is -0.394 e. The Labute approximate surface area is 203 Å². The van der Waals surface area contributed by atoms with Gasteiger partial charge in [-0.1, -0.05) is 23.7 Å². The quantitative estimate of drug-likeness (QED) is 0.520. The molecule has 1 aromatic carbocycles. The van der Waals surface area contributed by atoms with E-state index in [0.717, 1.165) is 17.7 Å². The molecule has 1 saturated heterocycles. The van der Waals surface area contributed by atoms with E-state index < -0.39 is 37.2 Å². The number of carbonyl (C=O) groups excluding carboxylic acids is 2. The second-order valence-electron chi connectivity index (χ2n) is 8.30. The van der Waals surface area contributed by atoms with E-state index in [2.05, 4.69) is 15.3 Å². The topological polar surface area (TPSA) is 117 Å². The molecular formula is C22H23ClF3N5O4. The highest BCUT2D eigenvalue weighted by atomic mass is 35.5. The summed E-state index contributed by atoms with van der Waals surface area (Å²) in [7, 11) is 0. The third-order valence-electron chi connectivity index (χ3n) is 5.81. The third kappa shape index (κ3) is 5.82. The lowest BCUT2D eigenvalue weighted by Crippen LogP contribution is -2.50. The number of nitrogens with one attached hydrogen (secondary N) is 2. The third-order valence-corrected chi connectivity index (χ3v) is 6.08. The number of aromatic nitrogens is 2. The van der Waals surface area contributed by atoms with Crippen molar-refractivity contribution in [3.05, 3.63) is 40.5 Å². The van der Waals surface area contributed by atoms with E-state index in [1.807, 2.05) is 0 Å². The van der Waals surface area contributed by atoms with Crippen LogP contribution in [0.15, 0.2) is 24.4 Å². The van der Waals surface area contributed by atoms with Crippen molar-refractivity contribution in [2.24, 2.45) is 0 Å². The number of anilines is 1. The van der Waals surface area contributed by atoms with Gasteiger partial charge < -0.3 is 25.4 Å². The first-order valence-corrected chi connectivity index (χ1v) is 11.3. The molecule has 35 heavy (non-hydrogen) atoms. The molecule has 0 spiro atoms. The summed E-state index contributed by atoms with van der Waals surface area (Å²) in [6.45, 7) is -0.515. The lowest BCUT2D eigenvalue weighted by Gasteiger charge is -2.23. The van der Waals surface area contributed by atoms with Crippen molar-refractivity contribution in [2.75, 3.05) is 31.7 Å². The molecule has 2 aliphatic heterocycles. The predicted octanol–water partition coefficient (Wildman–Crippen LogP) is 2.38. The van der Waals surface area contributed by atoms with Crippen LogP contribution in [0.1, 0.15) is 28.8 Å². The molecule has 3 heterocycles. The SMILES string of the molecule is O=C(CN1Cc2ccc(-c3nc(NC4CCOCC4)ncc3Cl)cc2C1=O)NC(CO)C(F)(F)F. The maximum Gasteiger partial charge on any atom is 0.410 e. The number of benzene rings is 1. The Kier molecular flexibility index (Phi) is 7.43. The smallest absolute Gasteiger partial charge is 0.394 e. The fraction of sp³-hybridized carbons (Fsp3) is 0.455. The number of carbonyl (C=O) groups is 2. The van der Waals surface area contributed by atoms with Crippen molar-refractivity contribution in [1.82, 2.24) is 20.2 Å². The average Bonchev–Trinajstić information content (AvgIpc) is 3.13. The van der Waals surface area contributed by atoms with Crippen LogP contribution in [0.3, 0.4) is 0 Å². The van der Waals surface area contributed by atoms with Gasteiger partial charge in [0.15, 0.2) is 0 Å². The van der Waals surface area contributed by atoms with E-state index in [9.17, 15) is 22.8 Å². The van der Waals surface area contributed by atoms with Crippen LogP contribution in [0.5, 0.6) is 0 Å². The van der Waals surface area contributed by atoms with E-state index >= 15 is 0 Å². The summed E-state index contributed by atoms with van der Waals surface area (Å²) in [4.78, 5) is 34.8. The second kappa shape index (κ2) is 10.3. The van der Waals surface area contributed by atoms with Gasteiger partial charge in [0.2, 0.25) is 11.9 Å². The molecular weight excluding hydrogens is 491 g/mol. The van der Waals surface area contributed by atoms with Crippen LogP contribution in [0.25, 0.3) is 11.3 Å². The van der Waals surface area contributed by atoms with E-state index in [0.29, 0.717) is 41.5 Å². The van der Waals surface area contributed by atoms with Crippen LogP contribution in [0, 0.1) is 0 Å². The molecule has 9 nitrogen and oxygen atoms in total. The molecule has 0 aliphatic carbocycles. The molecule has 1 atom stereocenters.